The number of Topliss-reactive ketones (excluding diaryl/α,β-unsaturated/α-hetero) is 1. The summed E-state index contributed by atoms with van der Waals surface area (Å²) in [6.45, 7) is 6.42. The van der Waals surface area contributed by atoms with Gasteiger partial charge in [0.15, 0.2) is 0 Å². The van der Waals surface area contributed by atoms with E-state index in [-0.39, 0.29) is 28.7 Å². The van der Waals surface area contributed by atoms with Gasteiger partial charge < -0.3 is 19.5 Å². The number of hydrogen-bond acceptors (Lipinski definition) is 6. The van der Waals surface area contributed by atoms with Gasteiger partial charge in [-0.15, -0.1) is 0 Å². The van der Waals surface area contributed by atoms with Gasteiger partial charge in [0.2, 0.25) is 0 Å². The van der Waals surface area contributed by atoms with Gasteiger partial charge in [0.1, 0.15) is 11.5 Å². The molecule has 1 fully saturated rings. The fraction of sp³-hybridized carbons (Fsp3) is 0.375. The minimum absolute atomic E-state index is 0.0206. The van der Waals surface area contributed by atoms with Crippen LogP contribution in [0.4, 0.5) is 0 Å². The predicted molar refractivity (Wildman–Crippen MR) is 122 cm³/mol. The largest absolute Gasteiger partial charge is 0.507 e. The second-order valence-electron chi connectivity index (χ2n) is 7.88. The molecule has 0 saturated carbocycles. The number of ketones is 1. The lowest BCUT2D eigenvalue weighted by Crippen LogP contribution is -2.31. The number of aliphatic hydroxyl groups excluding tert-OH is 1. The molecular weight excluding hydrogens is 432 g/mol. The summed E-state index contributed by atoms with van der Waals surface area (Å²) in [5.41, 5.74) is 1.63. The van der Waals surface area contributed by atoms with Crippen LogP contribution in [0.15, 0.2) is 42.2 Å². The summed E-state index contributed by atoms with van der Waals surface area (Å²) in [7, 11) is 1.43. The highest BCUT2D eigenvalue weighted by Gasteiger charge is 2.46. The second kappa shape index (κ2) is 10.1. The molecule has 2 aromatic rings. The Labute approximate surface area is 192 Å². The maximum Gasteiger partial charge on any atom is 0.295 e. The Morgan fingerprint density at radius 3 is 2.69 bits per heavy atom. The van der Waals surface area contributed by atoms with Crippen molar-refractivity contribution in [3.8, 4) is 5.75 Å². The van der Waals surface area contributed by atoms with Crippen LogP contribution in [-0.2, 0) is 14.3 Å². The molecule has 1 aliphatic rings. The highest BCUT2D eigenvalue weighted by atomic mass is 35.5. The van der Waals surface area contributed by atoms with Crippen LogP contribution in [0.1, 0.15) is 43.0 Å². The quantitative estimate of drug-likeness (QED) is 0.275. The minimum Gasteiger partial charge on any atom is -0.507 e. The number of aryl methyl sites for hydroxylation is 1. The third-order valence-corrected chi connectivity index (χ3v) is 5.46. The molecule has 1 aromatic heterocycles. The summed E-state index contributed by atoms with van der Waals surface area (Å²) in [6.07, 6.45) is 3.80. The van der Waals surface area contributed by atoms with Crippen LogP contribution in [0, 0.1) is 6.92 Å². The number of aliphatic hydroxyl groups is 1. The molecule has 1 amide bonds. The number of likely N-dealkylation sites (tertiary alicyclic amines) is 1. The zero-order chi connectivity index (χ0) is 23.4. The fourth-order valence-corrected chi connectivity index (χ4v) is 4.16. The van der Waals surface area contributed by atoms with Crippen molar-refractivity contribution in [2.75, 3.05) is 20.3 Å². The van der Waals surface area contributed by atoms with Crippen LogP contribution in [0.25, 0.3) is 5.76 Å². The number of benzene rings is 1. The highest BCUT2D eigenvalue weighted by Crippen LogP contribution is 2.42. The number of amides is 1. The summed E-state index contributed by atoms with van der Waals surface area (Å²) in [4.78, 5) is 31.6. The molecule has 1 N–H and O–H groups in total. The number of carbonyl (C=O) groups is 2. The first-order chi connectivity index (χ1) is 15.3. The summed E-state index contributed by atoms with van der Waals surface area (Å²) in [6, 6.07) is 6.08. The average molecular weight is 459 g/mol. The van der Waals surface area contributed by atoms with E-state index in [0.29, 0.717) is 30.2 Å². The van der Waals surface area contributed by atoms with Crippen molar-refractivity contribution in [3.05, 3.63) is 63.9 Å². The lowest BCUT2D eigenvalue weighted by atomic mass is 9.95. The van der Waals surface area contributed by atoms with Gasteiger partial charge >= 0.3 is 0 Å². The maximum atomic E-state index is 13.1. The van der Waals surface area contributed by atoms with Crippen LogP contribution in [0.5, 0.6) is 5.75 Å². The van der Waals surface area contributed by atoms with E-state index in [4.69, 9.17) is 21.1 Å². The van der Waals surface area contributed by atoms with Crippen molar-refractivity contribution in [2.24, 2.45) is 0 Å². The fourth-order valence-electron chi connectivity index (χ4n) is 3.81. The van der Waals surface area contributed by atoms with Crippen molar-refractivity contribution in [3.63, 3.8) is 0 Å². The normalized spacial score (nSPS) is 17.9. The number of carbonyl (C=O) groups excluding carboxylic acids is 2. The highest BCUT2D eigenvalue weighted by molar-refractivity contribution is 6.46. The average Bonchev–Trinajstić information content (AvgIpc) is 3.01. The number of nitrogens with zero attached hydrogens (tertiary/aromatic N) is 2. The molecule has 1 aliphatic heterocycles. The van der Waals surface area contributed by atoms with Crippen LogP contribution in [-0.4, -0.2) is 53.0 Å². The molecule has 1 atom stereocenters. The number of methoxy groups -OCH3 is 1. The Hall–Kier alpha value is -2.90. The van der Waals surface area contributed by atoms with Gasteiger partial charge in [0.05, 0.1) is 35.4 Å². The van der Waals surface area contributed by atoms with E-state index >= 15 is 0 Å². The standard InChI is InChI=1S/C24H27ClN2O5/c1-14(2)32-10-6-9-27-20(16-7-5-8-26-13-16)19(22(29)24(27)30)21(28)17-11-15(3)12-18(25)23(17)31-4/h5,7-8,11-14,20,28H,6,9-10H2,1-4H3/b21-19+. The molecule has 3 rings (SSSR count). The summed E-state index contributed by atoms with van der Waals surface area (Å²) >= 11 is 6.30. The van der Waals surface area contributed by atoms with Gasteiger partial charge in [-0.25, -0.2) is 0 Å². The van der Waals surface area contributed by atoms with Crippen molar-refractivity contribution >= 4 is 29.1 Å². The summed E-state index contributed by atoms with van der Waals surface area (Å²) < 4.78 is 11.0. The molecule has 7 nitrogen and oxygen atoms in total. The second-order valence-corrected chi connectivity index (χ2v) is 8.29. The molecule has 1 aromatic carbocycles. The zero-order valence-corrected chi connectivity index (χ0v) is 19.3. The predicted octanol–water partition coefficient (Wildman–Crippen LogP) is 4.29. The van der Waals surface area contributed by atoms with Gasteiger partial charge in [-0.2, -0.15) is 0 Å². The van der Waals surface area contributed by atoms with Crippen LogP contribution < -0.4 is 4.74 Å². The molecule has 0 radical (unpaired) electrons. The Balaban J connectivity index is 2.11. The monoisotopic (exact) mass is 458 g/mol. The molecule has 0 aliphatic carbocycles. The molecule has 170 valence electrons. The van der Waals surface area contributed by atoms with E-state index in [1.807, 2.05) is 20.8 Å². The van der Waals surface area contributed by atoms with Crippen molar-refractivity contribution in [2.45, 2.75) is 39.3 Å². The lowest BCUT2D eigenvalue weighted by molar-refractivity contribution is -0.140. The van der Waals surface area contributed by atoms with E-state index in [1.54, 1.807) is 36.7 Å². The summed E-state index contributed by atoms with van der Waals surface area (Å²) in [5, 5.41) is 11.6. The number of halogens is 1. The Morgan fingerprint density at radius 1 is 1.31 bits per heavy atom. The van der Waals surface area contributed by atoms with Crippen molar-refractivity contribution < 1.29 is 24.2 Å². The molecule has 0 spiro atoms. The minimum atomic E-state index is -0.785. The Kier molecular flexibility index (Phi) is 7.53. The lowest BCUT2D eigenvalue weighted by Gasteiger charge is -2.25. The summed E-state index contributed by atoms with van der Waals surface area (Å²) in [5.74, 6) is -1.54. The van der Waals surface area contributed by atoms with E-state index in [1.165, 1.54) is 12.0 Å². The Morgan fingerprint density at radius 2 is 2.06 bits per heavy atom. The number of aromatic nitrogens is 1. The van der Waals surface area contributed by atoms with Crippen LogP contribution in [0.2, 0.25) is 5.02 Å². The number of rotatable bonds is 8. The first kappa shape index (κ1) is 23.8. The van der Waals surface area contributed by atoms with E-state index in [9.17, 15) is 14.7 Å². The van der Waals surface area contributed by atoms with Crippen molar-refractivity contribution in [1.29, 1.82) is 0 Å². The molecule has 0 bridgehead atoms. The van der Waals surface area contributed by atoms with E-state index in [2.05, 4.69) is 4.98 Å². The number of ether oxygens (including phenoxy) is 2. The third kappa shape index (κ3) is 4.79. The van der Waals surface area contributed by atoms with E-state index in [0.717, 1.165) is 5.56 Å². The topological polar surface area (TPSA) is 89.0 Å². The molecule has 1 unspecified atom stereocenters. The van der Waals surface area contributed by atoms with Gasteiger partial charge in [-0.05, 0) is 56.5 Å². The third-order valence-electron chi connectivity index (χ3n) is 5.18. The number of hydrogen-bond donors (Lipinski definition) is 1. The molecule has 8 heteroatoms. The molecular formula is C24H27ClN2O5. The SMILES string of the molecule is COc1c(Cl)cc(C)cc1/C(O)=C1\C(=O)C(=O)N(CCCOC(C)C)C1c1cccnc1. The van der Waals surface area contributed by atoms with E-state index < -0.39 is 17.7 Å². The van der Waals surface area contributed by atoms with Gasteiger partial charge in [-0.3, -0.25) is 14.6 Å². The van der Waals surface area contributed by atoms with Gasteiger partial charge in [-0.1, -0.05) is 17.7 Å². The Bertz CT molecular complexity index is 1040. The van der Waals surface area contributed by atoms with Crippen LogP contribution >= 0.6 is 11.6 Å². The van der Waals surface area contributed by atoms with Gasteiger partial charge in [0.25, 0.3) is 11.7 Å². The maximum absolute atomic E-state index is 13.1. The molecule has 1 saturated heterocycles. The zero-order valence-electron chi connectivity index (χ0n) is 18.6. The molecule has 32 heavy (non-hydrogen) atoms. The van der Waals surface area contributed by atoms with Gasteiger partial charge in [0, 0.05) is 25.5 Å². The van der Waals surface area contributed by atoms with Crippen LogP contribution in [0.3, 0.4) is 0 Å². The molecule has 2 heterocycles. The van der Waals surface area contributed by atoms with Crippen molar-refractivity contribution in [1.82, 2.24) is 9.88 Å². The first-order valence-electron chi connectivity index (χ1n) is 10.4. The number of pyridine rings is 1. The smallest absolute Gasteiger partial charge is 0.295 e. The first-order valence-corrected chi connectivity index (χ1v) is 10.8.